The second kappa shape index (κ2) is 8.79. The quantitative estimate of drug-likeness (QED) is 0.733. The van der Waals surface area contributed by atoms with E-state index >= 15 is 0 Å². The van der Waals surface area contributed by atoms with Gasteiger partial charge < -0.3 is 15.5 Å². The summed E-state index contributed by atoms with van der Waals surface area (Å²) in [5.41, 5.74) is 1.20. The summed E-state index contributed by atoms with van der Waals surface area (Å²) < 4.78 is 0. The number of benzene rings is 1. The lowest BCUT2D eigenvalue weighted by Gasteiger charge is -2.28. The summed E-state index contributed by atoms with van der Waals surface area (Å²) in [6, 6.07) is 10.3. The molecule has 1 amide bonds. The maximum Gasteiger partial charge on any atom is 0.249 e. The molecular weight excluding hydrogens is 316 g/mol. The summed E-state index contributed by atoms with van der Waals surface area (Å²) in [6.07, 6.45) is 4.71. The number of aliphatic hydroxyl groups excluding tert-OH is 2. The van der Waals surface area contributed by atoms with Crippen molar-refractivity contribution in [2.75, 3.05) is 13.1 Å². The molecule has 1 saturated carbocycles. The number of hydrogen-bond acceptors (Lipinski definition) is 4. The van der Waals surface area contributed by atoms with Crippen molar-refractivity contribution in [3.05, 3.63) is 35.9 Å². The summed E-state index contributed by atoms with van der Waals surface area (Å²) in [6.45, 7) is 1.87. The van der Waals surface area contributed by atoms with Crippen LogP contribution in [-0.4, -0.2) is 52.4 Å². The molecule has 1 aliphatic heterocycles. The van der Waals surface area contributed by atoms with Gasteiger partial charge in [0.1, 0.15) is 6.10 Å². The normalized spacial score (nSPS) is 26.5. The maximum absolute atomic E-state index is 12.3. The van der Waals surface area contributed by atoms with Gasteiger partial charge in [0.2, 0.25) is 5.91 Å². The number of nitrogens with zero attached hydrogens (tertiary/aromatic N) is 1. The first-order chi connectivity index (χ1) is 12.1. The van der Waals surface area contributed by atoms with Gasteiger partial charge in [0.05, 0.1) is 6.10 Å². The molecule has 25 heavy (non-hydrogen) atoms. The first-order valence-corrected chi connectivity index (χ1v) is 9.55. The number of nitrogens with one attached hydrogen (secondary N) is 1. The third kappa shape index (κ3) is 5.03. The molecule has 1 heterocycles. The van der Waals surface area contributed by atoms with E-state index in [0.29, 0.717) is 19.5 Å². The Morgan fingerprint density at radius 3 is 2.64 bits per heavy atom. The van der Waals surface area contributed by atoms with E-state index in [1.807, 2.05) is 18.2 Å². The molecule has 2 fully saturated rings. The van der Waals surface area contributed by atoms with Crippen LogP contribution < -0.4 is 5.32 Å². The van der Waals surface area contributed by atoms with E-state index < -0.39 is 6.10 Å². The summed E-state index contributed by atoms with van der Waals surface area (Å²) in [5, 5.41) is 23.2. The van der Waals surface area contributed by atoms with Gasteiger partial charge >= 0.3 is 0 Å². The molecule has 0 aromatic heterocycles. The van der Waals surface area contributed by atoms with Crippen LogP contribution in [0.4, 0.5) is 0 Å². The molecule has 0 unspecified atom stereocenters. The molecule has 1 saturated heterocycles. The molecular formula is C20H30N2O3. The zero-order valence-electron chi connectivity index (χ0n) is 14.8. The summed E-state index contributed by atoms with van der Waals surface area (Å²) in [7, 11) is 0. The van der Waals surface area contributed by atoms with Gasteiger partial charge in [-0.15, -0.1) is 0 Å². The van der Waals surface area contributed by atoms with E-state index in [1.54, 1.807) is 0 Å². The van der Waals surface area contributed by atoms with Crippen LogP contribution in [0, 0.1) is 5.92 Å². The third-order valence-electron chi connectivity index (χ3n) is 5.61. The van der Waals surface area contributed by atoms with Crippen molar-refractivity contribution in [3.63, 3.8) is 0 Å². The van der Waals surface area contributed by atoms with Crippen LogP contribution in [0.2, 0.25) is 0 Å². The first-order valence-electron chi connectivity index (χ1n) is 9.55. The molecule has 5 nitrogen and oxygen atoms in total. The van der Waals surface area contributed by atoms with Gasteiger partial charge in [0, 0.05) is 25.7 Å². The minimum absolute atomic E-state index is 0.100. The minimum Gasteiger partial charge on any atom is -0.392 e. The first kappa shape index (κ1) is 18.4. The van der Waals surface area contributed by atoms with Gasteiger partial charge in [0.25, 0.3) is 0 Å². The standard InChI is InChI=1S/C20H30N2O3/c23-18-11-17(22(14-18)13-15-7-3-1-4-8-15)12-21-20(25)19(24)16-9-5-2-6-10-16/h1,3-4,7-8,16-19,23-24H,2,5-6,9-14H2,(H,21,25)/t17-,18+,19+/m0/s1. The SMILES string of the molecule is O=C(NC[C@@H]1C[C@@H](O)CN1Cc1ccccc1)[C@H](O)C1CCCCC1. The van der Waals surface area contributed by atoms with Crippen molar-refractivity contribution >= 4 is 5.91 Å². The third-order valence-corrected chi connectivity index (χ3v) is 5.61. The van der Waals surface area contributed by atoms with Gasteiger partial charge in [-0.05, 0) is 30.7 Å². The van der Waals surface area contributed by atoms with E-state index in [4.69, 9.17) is 0 Å². The lowest BCUT2D eigenvalue weighted by molar-refractivity contribution is -0.132. The minimum atomic E-state index is -0.894. The second-order valence-corrected chi connectivity index (χ2v) is 7.55. The maximum atomic E-state index is 12.3. The number of rotatable bonds is 6. The predicted molar refractivity (Wildman–Crippen MR) is 96.9 cm³/mol. The molecule has 3 N–H and O–H groups in total. The van der Waals surface area contributed by atoms with Crippen molar-refractivity contribution in [2.45, 2.75) is 63.3 Å². The topological polar surface area (TPSA) is 72.8 Å². The van der Waals surface area contributed by atoms with Crippen LogP contribution in [0.5, 0.6) is 0 Å². The van der Waals surface area contributed by atoms with Gasteiger partial charge in [-0.3, -0.25) is 9.69 Å². The molecule has 138 valence electrons. The van der Waals surface area contributed by atoms with Crippen molar-refractivity contribution in [1.82, 2.24) is 10.2 Å². The van der Waals surface area contributed by atoms with E-state index in [9.17, 15) is 15.0 Å². The monoisotopic (exact) mass is 346 g/mol. The number of carbonyl (C=O) groups excluding carboxylic acids is 1. The Hall–Kier alpha value is -1.43. The largest absolute Gasteiger partial charge is 0.392 e. The van der Waals surface area contributed by atoms with E-state index in [1.165, 1.54) is 12.0 Å². The Balaban J connectivity index is 1.50. The number of amides is 1. The van der Waals surface area contributed by atoms with Gasteiger partial charge in [-0.2, -0.15) is 0 Å². The Morgan fingerprint density at radius 1 is 1.20 bits per heavy atom. The fraction of sp³-hybridized carbons (Fsp3) is 0.650. The molecule has 1 aromatic rings. The van der Waals surface area contributed by atoms with E-state index in [2.05, 4.69) is 22.3 Å². The lowest BCUT2D eigenvalue weighted by Crippen LogP contribution is -2.45. The molecule has 0 bridgehead atoms. The molecule has 0 radical (unpaired) electrons. The van der Waals surface area contributed by atoms with Crippen molar-refractivity contribution in [1.29, 1.82) is 0 Å². The highest BCUT2D eigenvalue weighted by molar-refractivity contribution is 5.80. The summed E-state index contributed by atoms with van der Waals surface area (Å²) >= 11 is 0. The second-order valence-electron chi connectivity index (χ2n) is 7.55. The summed E-state index contributed by atoms with van der Waals surface area (Å²) in [5.74, 6) is -0.156. The zero-order valence-corrected chi connectivity index (χ0v) is 14.8. The van der Waals surface area contributed by atoms with Gasteiger partial charge in [0.15, 0.2) is 0 Å². The van der Waals surface area contributed by atoms with E-state index in [-0.39, 0.29) is 24.0 Å². The van der Waals surface area contributed by atoms with Crippen LogP contribution in [0.15, 0.2) is 30.3 Å². The molecule has 1 aliphatic carbocycles. The van der Waals surface area contributed by atoms with Crippen molar-refractivity contribution in [3.8, 4) is 0 Å². The summed E-state index contributed by atoms with van der Waals surface area (Å²) in [4.78, 5) is 14.5. The fourth-order valence-electron chi connectivity index (χ4n) is 4.17. The predicted octanol–water partition coefficient (Wildman–Crippen LogP) is 1.68. The highest BCUT2D eigenvalue weighted by atomic mass is 16.3. The average molecular weight is 346 g/mol. The zero-order chi connectivity index (χ0) is 17.6. The molecule has 1 aromatic carbocycles. The number of carbonyl (C=O) groups is 1. The van der Waals surface area contributed by atoms with Crippen LogP contribution in [-0.2, 0) is 11.3 Å². The smallest absolute Gasteiger partial charge is 0.249 e. The highest BCUT2D eigenvalue weighted by Crippen LogP contribution is 2.26. The Kier molecular flexibility index (Phi) is 6.45. The average Bonchev–Trinajstić information content (AvgIpc) is 3.00. The number of hydrogen-bond donors (Lipinski definition) is 3. The lowest BCUT2D eigenvalue weighted by atomic mass is 9.85. The van der Waals surface area contributed by atoms with Crippen LogP contribution >= 0.6 is 0 Å². The number of aliphatic hydroxyl groups is 2. The van der Waals surface area contributed by atoms with Crippen molar-refractivity contribution < 1.29 is 15.0 Å². The highest BCUT2D eigenvalue weighted by Gasteiger charge is 2.32. The Labute approximate surface area is 150 Å². The molecule has 2 aliphatic rings. The van der Waals surface area contributed by atoms with Crippen LogP contribution in [0.1, 0.15) is 44.1 Å². The fourth-order valence-corrected chi connectivity index (χ4v) is 4.17. The van der Waals surface area contributed by atoms with Crippen LogP contribution in [0.3, 0.4) is 0 Å². The molecule has 5 heteroatoms. The van der Waals surface area contributed by atoms with Gasteiger partial charge in [-0.1, -0.05) is 49.6 Å². The molecule has 3 rings (SSSR count). The Morgan fingerprint density at radius 2 is 1.92 bits per heavy atom. The number of likely N-dealkylation sites (tertiary alicyclic amines) is 1. The molecule has 0 spiro atoms. The van der Waals surface area contributed by atoms with Crippen molar-refractivity contribution in [2.24, 2.45) is 5.92 Å². The molecule has 3 atom stereocenters. The van der Waals surface area contributed by atoms with Crippen LogP contribution in [0.25, 0.3) is 0 Å². The van der Waals surface area contributed by atoms with Gasteiger partial charge in [-0.25, -0.2) is 0 Å². The Bertz CT molecular complexity index is 545. The van der Waals surface area contributed by atoms with E-state index in [0.717, 1.165) is 32.2 Å². The number of β-amino-alcohol motifs (C(OH)–C–C–N with tert-alkyl or cyclic N) is 1.